The maximum Gasteiger partial charge on any atom is 0.240 e. The number of carbonyl (C=O) groups is 1. The van der Waals surface area contributed by atoms with Crippen LogP contribution in [0.4, 0.5) is 0 Å². The number of halogens is 2. The maximum atomic E-state index is 12.6. The molecular formula is C19H19Cl2N3OS. The highest BCUT2D eigenvalue weighted by Crippen LogP contribution is 2.25. The lowest BCUT2D eigenvalue weighted by molar-refractivity contribution is -0.122. The lowest BCUT2D eigenvalue weighted by Gasteiger charge is -2.16. The summed E-state index contributed by atoms with van der Waals surface area (Å²) in [5, 5.41) is 4.00. The molecular weight excluding hydrogens is 389 g/mol. The van der Waals surface area contributed by atoms with Crippen molar-refractivity contribution in [1.29, 1.82) is 0 Å². The van der Waals surface area contributed by atoms with Crippen LogP contribution >= 0.6 is 35.0 Å². The fourth-order valence-corrected chi connectivity index (χ4v) is 3.62. The molecule has 0 aliphatic heterocycles. The third-order valence-electron chi connectivity index (χ3n) is 4.13. The van der Waals surface area contributed by atoms with Crippen LogP contribution in [0.5, 0.6) is 0 Å². The van der Waals surface area contributed by atoms with Gasteiger partial charge in [0.05, 0.1) is 32.9 Å². The number of imidazole rings is 1. The Kier molecular flexibility index (Phi) is 6.12. The third-order valence-corrected chi connectivity index (χ3v) is 5.42. The molecule has 0 aliphatic carbocycles. The molecule has 1 heterocycles. The number of rotatable bonds is 6. The van der Waals surface area contributed by atoms with Gasteiger partial charge < -0.3 is 9.88 Å². The Labute approximate surface area is 166 Å². The largest absolute Gasteiger partial charge is 0.348 e. The summed E-state index contributed by atoms with van der Waals surface area (Å²) >= 11 is 13.7. The van der Waals surface area contributed by atoms with E-state index >= 15 is 0 Å². The molecule has 0 aliphatic rings. The van der Waals surface area contributed by atoms with Crippen molar-refractivity contribution in [3.05, 3.63) is 63.9 Å². The van der Waals surface area contributed by atoms with Crippen molar-refractivity contribution in [1.82, 2.24) is 14.9 Å². The number of nitrogens with one attached hydrogen (secondary N) is 1. The molecule has 0 saturated carbocycles. The van der Waals surface area contributed by atoms with Gasteiger partial charge in [0.15, 0.2) is 0 Å². The molecule has 2 aromatic carbocycles. The number of nitrogens with zero attached hydrogens (tertiary/aromatic N) is 2. The molecule has 26 heavy (non-hydrogen) atoms. The van der Waals surface area contributed by atoms with Crippen LogP contribution in [0.15, 0.2) is 42.5 Å². The van der Waals surface area contributed by atoms with Crippen LogP contribution in [0.25, 0.3) is 11.0 Å². The molecule has 3 rings (SSSR count). The number of amides is 1. The zero-order valence-corrected chi connectivity index (χ0v) is 16.8. The molecule has 1 atom stereocenters. The number of fused-ring (bicyclic) bond motifs is 1. The van der Waals surface area contributed by atoms with Gasteiger partial charge in [-0.2, -0.15) is 11.8 Å². The summed E-state index contributed by atoms with van der Waals surface area (Å²) in [6.45, 7) is 2.15. The van der Waals surface area contributed by atoms with E-state index in [9.17, 15) is 4.79 Å². The summed E-state index contributed by atoms with van der Waals surface area (Å²) in [5.74, 6) is 1.58. The number of para-hydroxylation sites is 2. The van der Waals surface area contributed by atoms with Crippen LogP contribution in [-0.4, -0.2) is 21.7 Å². The summed E-state index contributed by atoms with van der Waals surface area (Å²) in [5.41, 5.74) is 2.78. The monoisotopic (exact) mass is 407 g/mol. The van der Waals surface area contributed by atoms with Crippen molar-refractivity contribution in [3.63, 3.8) is 0 Å². The molecule has 1 N–H and O–H groups in total. The van der Waals surface area contributed by atoms with Crippen molar-refractivity contribution in [2.75, 3.05) is 6.26 Å². The Morgan fingerprint density at radius 2 is 2.00 bits per heavy atom. The molecule has 0 radical (unpaired) electrons. The Morgan fingerprint density at radius 3 is 2.73 bits per heavy atom. The summed E-state index contributed by atoms with van der Waals surface area (Å²) in [7, 11) is 0. The summed E-state index contributed by atoms with van der Waals surface area (Å²) < 4.78 is 1.97. The number of carbonyl (C=O) groups excluding carboxylic acids is 1. The minimum atomic E-state index is -0.170. The Hall–Kier alpha value is -1.69. The SMILES string of the molecule is CSCc1nc2ccccc2n1CC(=O)NC(C)c1ccc(Cl)c(Cl)c1. The quantitative estimate of drug-likeness (QED) is 0.619. The molecule has 0 bridgehead atoms. The molecule has 1 aromatic heterocycles. The number of thioether (sulfide) groups is 1. The highest BCUT2D eigenvalue weighted by atomic mass is 35.5. The molecule has 3 aromatic rings. The van der Waals surface area contributed by atoms with Crippen molar-refractivity contribution in [2.24, 2.45) is 0 Å². The average Bonchev–Trinajstić information content (AvgIpc) is 2.95. The van der Waals surface area contributed by atoms with E-state index in [0.29, 0.717) is 10.0 Å². The van der Waals surface area contributed by atoms with Gasteiger partial charge in [0.25, 0.3) is 0 Å². The Bertz CT molecular complexity index is 942. The molecule has 7 heteroatoms. The minimum Gasteiger partial charge on any atom is -0.348 e. The number of benzene rings is 2. The maximum absolute atomic E-state index is 12.6. The van der Waals surface area contributed by atoms with Gasteiger partial charge >= 0.3 is 0 Å². The Morgan fingerprint density at radius 1 is 1.23 bits per heavy atom. The first-order valence-electron chi connectivity index (χ1n) is 8.17. The number of hydrogen-bond acceptors (Lipinski definition) is 3. The van der Waals surface area contributed by atoms with E-state index < -0.39 is 0 Å². The summed E-state index contributed by atoms with van der Waals surface area (Å²) in [6, 6.07) is 13.1. The normalized spacial score (nSPS) is 12.3. The van der Waals surface area contributed by atoms with Gasteiger partial charge in [-0.05, 0) is 43.0 Å². The van der Waals surface area contributed by atoms with Crippen molar-refractivity contribution in [3.8, 4) is 0 Å². The highest BCUT2D eigenvalue weighted by Gasteiger charge is 2.15. The molecule has 1 amide bonds. The second-order valence-electron chi connectivity index (χ2n) is 6.00. The van der Waals surface area contributed by atoms with Crippen molar-refractivity contribution in [2.45, 2.75) is 25.3 Å². The minimum absolute atomic E-state index is 0.0749. The lowest BCUT2D eigenvalue weighted by Crippen LogP contribution is -2.30. The molecule has 4 nitrogen and oxygen atoms in total. The molecule has 0 fully saturated rings. The molecule has 136 valence electrons. The van der Waals surface area contributed by atoms with Gasteiger partial charge in [-0.15, -0.1) is 0 Å². The van der Waals surface area contributed by atoms with Crippen molar-refractivity contribution < 1.29 is 4.79 Å². The zero-order valence-electron chi connectivity index (χ0n) is 14.5. The van der Waals surface area contributed by atoms with Crippen LogP contribution in [0.3, 0.4) is 0 Å². The van der Waals surface area contributed by atoms with E-state index in [1.807, 2.05) is 48.1 Å². The summed E-state index contributed by atoms with van der Waals surface area (Å²) in [4.78, 5) is 17.3. The van der Waals surface area contributed by atoms with E-state index in [4.69, 9.17) is 23.2 Å². The van der Waals surface area contributed by atoms with E-state index in [1.165, 1.54) is 0 Å². The van der Waals surface area contributed by atoms with E-state index in [-0.39, 0.29) is 18.5 Å². The van der Waals surface area contributed by atoms with Crippen LogP contribution in [0.2, 0.25) is 10.0 Å². The topological polar surface area (TPSA) is 46.9 Å². The lowest BCUT2D eigenvalue weighted by atomic mass is 10.1. The fourth-order valence-electron chi connectivity index (χ4n) is 2.84. The van der Waals surface area contributed by atoms with Gasteiger partial charge in [-0.3, -0.25) is 4.79 Å². The van der Waals surface area contributed by atoms with E-state index in [1.54, 1.807) is 23.9 Å². The standard InChI is InChI=1S/C19H19Cl2N3OS/c1-12(13-7-8-14(20)15(21)9-13)22-19(25)10-24-17-6-4-3-5-16(17)23-18(24)11-26-2/h3-9,12H,10-11H2,1-2H3,(H,22,25). The average molecular weight is 408 g/mol. The van der Waals surface area contributed by atoms with Crippen LogP contribution < -0.4 is 5.32 Å². The number of aromatic nitrogens is 2. The van der Waals surface area contributed by atoms with Gasteiger partial charge in [-0.25, -0.2) is 4.98 Å². The smallest absolute Gasteiger partial charge is 0.240 e. The number of hydrogen-bond donors (Lipinski definition) is 1. The second kappa shape index (κ2) is 8.33. The Balaban J connectivity index is 1.78. The first kappa shape index (κ1) is 19.1. The fraction of sp³-hybridized carbons (Fsp3) is 0.263. The predicted molar refractivity (Wildman–Crippen MR) is 110 cm³/mol. The van der Waals surface area contributed by atoms with Crippen molar-refractivity contribution >= 4 is 51.9 Å². The predicted octanol–water partition coefficient (Wildman–Crippen LogP) is 5.08. The van der Waals surface area contributed by atoms with E-state index in [2.05, 4.69) is 10.3 Å². The van der Waals surface area contributed by atoms with Crippen LogP contribution in [0, 0.1) is 0 Å². The second-order valence-corrected chi connectivity index (χ2v) is 7.68. The van der Waals surface area contributed by atoms with Crippen LogP contribution in [-0.2, 0) is 17.1 Å². The van der Waals surface area contributed by atoms with Gasteiger partial charge in [0.1, 0.15) is 12.4 Å². The van der Waals surface area contributed by atoms with Gasteiger partial charge in [-0.1, -0.05) is 41.4 Å². The third kappa shape index (κ3) is 4.17. The molecule has 0 spiro atoms. The first-order valence-corrected chi connectivity index (χ1v) is 10.3. The molecule has 0 saturated heterocycles. The zero-order chi connectivity index (χ0) is 18.7. The highest BCUT2D eigenvalue weighted by molar-refractivity contribution is 7.97. The molecule has 1 unspecified atom stereocenters. The summed E-state index contributed by atoms with van der Waals surface area (Å²) in [6.07, 6.45) is 2.02. The van der Waals surface area contributed by atoms with Gasteiger partial charge in [0, 0.05) is 0 Å². The van der Waals surface area contributed by atoms with Gasteiger partial charge in [0.2, 0.25) is 5.91 Å². The van der Waals surface area contributed by atoms with E-state index in [0.717, 1.165) is 28.2 Å². The van der Waals surface area contributed by atoms with Crippen LogP contribution in [0.1, 0.15) is 24.4 Å². The first-order chi connectivity index (χ1) is 12.5.